The summed E-state index contributed by atoms with van der Waals surface area (Å²) in [5.41, 5.74) is 0.726. The number of alkyl halides is 3. The van der Waals surface area contributed by atoms with Gasteiger partial charge in [0, 0.05) is 13.1 Å². The molecule has 5 nitrogen and oxygen atoms in total. The van der Waals surface area contributed by atoms with Crippen molar-refractivity contribution >= 4 is 17.2 Å². The lowest BCUT2D eigenvalue weighted by molar-refractivity contribution is -0.140. The number of nitrogens with zero attached hydrogens (tertiary/aromatic N) is 3. The molecule has 1 unspecified atom stereocenters. The van der Waals surface area contributed by atoms with Crippen molar-refractivity contribution in [3.05, 3.63) is 45.9 Å². The minimum Gasteiger partial charge on any atom is -0.353 e. The lowest BCUT2D eigenvalue weighted by atomic mass is 9.96. The molecule has 1 aromatic carbocycles. The van der Waals surface area contributed by atoms with Gasteiger partial charge in [0.05, 0.1) is 12.1 Å². The summed E-state index contributed by atoms with van der Waals surface area (Å²) in [6.45, 7) is 1.12. The molecule has 1 aliphatic rings. The van der Waals surface area contributed by atoms with Gasteiger partial charge in [-0.3, -0.25) is 9.69 Å². The lowest BCUT2D eigenvalue weighted by Gasteiger charge is -2.35. The Hall–Kier alpha value is -2.00. The van der Waals surface area contributed by atoms with E-state index in [-0.39, 0.29) is 12.1 Å². The van der Waals surface area contributed by atoms with E-state index in [0.717, 1.165) is 6.07 Å². The Kier molecular flexibility index (Phi) is 4.31. The predicted octanol–water partition coefficient (Wildman–Crippen LogP) is 2.23. The van der Waals surface area contributed by atoms with Crippen LogP contribution >= 0.6 is 11.3 Å². The van der Waals surface area contributed by atoms with Gasteiger partial charge in [0.1, 0.15) is 16.6 Å². The maximum Gasteiger partial charge on any atom is 0.416 e. The molecule has 0 radical (unpaired) electrons. The number of nitrogens with one attached hydrogen (secondary N) is 1. The van der Waals surface area contributed by atoms with Crippen molar-refractivity contribution in [2.75, 3.05) is 13.1 Å². The first-order valence-electron chi connectivity index (χ1n) is 6.90. The van der Waals surface area contributed by atoms with Crippen molar-refractivity contribution in [1.29, 1.82) is 0 Å². The summed E-state index contributed by atoms with van der Waals surface area (Å²) in [5, 5.41) is 10.9. The Bertz CT molecular complexity index is 690. The van der Waals surface area contributed by atoms with E-state index in [9.17, 15) is 18.0 Å². The quantitative estimate of drug-likeness (QED) is 0.929. The molecule has 0 aliphatic carbocycles. The molecule has 0 spiro atoms. The van der Waals surface area contributed by atoms with Crippen LogP contribution < -0.4 is 5.32 Å². The molecule has 1 fully saturated rings. The molecule has 1 aromatic heterocycles. The van der Waals surface area contributed by atoms with E-state index in [1.807, 2.05) is 0 Å². The second kappa shape index (κ2) is 6.25. The van der Waals surface area contributed by atoms with E-state index < -0.39 is 23.7 Å². The van der Waals surface area contributed by atoms with Crippen LogP contribution in [-0.2, 0) is 17.5 Å². The third kappa shape index (κ3) is 3.35. The zero-order chi connectivity index (χ0) is 16.4. The molecule has 1 aliphatic heterocycles. The number of carbonyl (C=O) groups excluding carboxylic acids is 1. The van der Waals surface area contributed by atoms with Crippen LogP contribution in [0.15, 0.2) is 29.8 Å². The van der Waals surface area contributed by atoms with E-state index in [1.165, 1.54) is 29.5 Å². The molecule has 122 valence electrons. The largest absolute Gasteiger partial charge is 0.416 e. The zero-order valence-electron chi connectivity index (χ0n) is 11.9. The van der Waals surface area contributed by atoms with Gasteiger partial charge >= 0.3 is 6.18 Å². The molecule has 9 heteroatoms. The molecule has 1 N–H and O–H groups in total. The van der Waals surface area contributed by atoms with Gasteiger partial charge in [-0.25, -0.2) is 0 Å². The van der Waals surface area contributed by atoms with Crippen molar-refractivity contribution < 1.29 is 18.0 Å². The van der Waals surface area contributed by atoms with Crippen LogP contribution in [-0.4, -0.2) is 34.1 Å². The van der Waals surface area contributed by atoms with Gasteiger partial charge in [0.15, 0.2) is 0 Å². The van der Waals surface area contributed by atoms with Crippen LogP contribution in [0.2, 0.25) is 0 Å². The molecular weight excluding hydrogens is 329 g/mol. The summed E-state index contributed by atoms with van der Waals surface area (Å²) < 4.78 is 39.8. The van der Waals surface area contributed by atoms with Crippen LogP contribution in [0.25, 0.3) is 0 Å². The first kappa shape index (κ1) is 15.9. The third-order valence-electron chi connectivity index (χ3n) is 3.62. The number of hydrogen-bond acceptors (Lipinski definition) is 5. The van der Waals surface area contributed by atoms with E-state index in [4.69, 9.17) is 0 Å². The maximum absolute atomic E-state index is 13.3. The Morgan fingerprint density at radius 2 is 2.13 bits per heavy atom. The van der Waals surface area contributed by atoms with E-state index in [2.05, 4.69) is 15.5 Å². The zero-order valence-corrected chi connectivity index (χ0v) is 12.7. The van der Waals surface area contributed by atoms with Crippen molar-refractivity contribution in [3.63, 3.8) is 0 Å². The van der Waals surface area contributed by atoms with Gasteiger partial charge in [-0.15, -0.1) is 21.5 Å². The number of hydrogen-bond donors (Lipinski definition) is 1. The standard InChI is InChI=1S/C14H13F3N4OS/c15-14(16,17)10-4-2-1-3-9(10)12-13(22)18-5-6-21(12)7-11-20-19-8-23-11/h1-4,8,12H,5-7H2,(H,18,22). The smallest absolute Gasteiger partial charge is 0.353 e. The van der Waals surface area contributed by atoms with Gasteiger partial charge in [-0.2, -0.15) is 13.2 Å². The minimum absolute atomic E-state index is 0.0401. The lowest BCUT2D eigenvalue weighted by Crippen LogP contribution is -2.50. The summed E-state index contributed by atoms with van der Waals surface area (Å²) in [5.74, 6) is -0.433. The molecule has 2 aromatic rings. The van der Waals surface area contributed by atoms with Crippen molar-refractivity contribution in [2.45, 2.75) is 18.8 Å². The fourth-order valence-electron chi connectivity index (χ4n) is 2.65. The Balaban J connectivity index is 1.98. The normalized spacial score (nSPS) is 19.6. The fourth-order valence-corrected chi connectivity index (χ4v) is 3.21. The average Bonchev–Trinajstić information content (AvgIpc) is 3.00. The van der Waals surface area contributed by atoms with Crippen LogP contribution in [0.4, 0.5) is 13.2 Å². The Morgan fingerprint density at radius 3 is 2.83 bits per heavy atom. The SMILES string of the molecule is O=C1NCCN(Cc2nncs2)C1c1ccccc1C(F)(F)F. The molecule has 0 saturated carbocycles. The number of piperazine rings is 1. The van der Waals surface area contributed by atoms with Gasteiger partial charge in [0.25, 0.3) is 0 Å². The Labute approximate surface area is 134 Å². The maximum atomic E-state index is 13.3. The monoisotopic (exact) mass is 342 g/mol. The number of aromatic nitrogens is 2. The first-order valence-corrected chi connectivity index (χ1v) is 7.77. The van der Waals surface area contributed by atoms with E-state index >= 15 is 0 Å². The first-order chi connectivity index (χ1) is 11.0. The molecule has 1 amide bonds. The van der Waals surface area contributed by atoms with Crippen molar-refractivity contribution in [2.24, 2.45) is 0 Å². The second-order valence-electron chi connectivity index (χ2n) is 5.08. The number of benzene rings is 1. The highest BCUT2D eigenvalue weighted by atomic mass is 32.1. The van der Waals surface area contributed by atoms with E-state index in [1.54, 1.807) is 10.4 Å². The van der Waals surface area contributed by atoms with E-state index in [0.29, 0.717) is 18.1 Å². The summed E-state index contributed by atoms with van der Waals surface area (Å²) in [6.07, 6.45) is -4.51. The highest BCUT2D eigenvalue weighted by Crippen LogP contribution is 2.37. The highest BCUT2D eigenvalue weighted by Gasteiger charge is 2.40. The molecule has 1 saturated heterocycles. The highest BCUT2D eigenvalue weighted by molar-refractivity contribution is 7.09. The van der Waals surface area contributed by atoms with Crippen LogP contribution in [0.5, 0.6) is 0 Å². The third-order valence-corrected chi connectivity index (χ3v) is 4.30. The molecule has 0 bridgehead atoms. The van der Waals surface area contributed by atoms with Crippen molar-refractivity contribution in [1.82, 2.24) is 20.4 Å². The predicted molar refractivity (Wildman–Crippen MR) is 77.5 cm³/mol. The summed E-state index contributed by atoms with van der Waals surface area (Å²) in [7, 11) is 0. The number of rotatable bonds is 3. The van der Waals surface area contributed by atoms with Gasteiger partial charge < -0.3 is 5.32 Å². The minimum atomic E-state index is -4.51. The van der Waals surface area contributed by atoms with Gasteiger partial charge in [-0.1, -0.05) is 18.2 Å². The number of halogens is 3. The number of carbonyl (C=O) groups is 1. The fraction of sp³-hybridized carbons (Fsp3) is 0.357. The average molecular weight is 342 g/mol. The van der Waals surface area contributed by atoms with Crippen LogP contribution in [0.3, 0.4) is 0 Å². The summed E-state index contributed by atoms with van der Waals surface area (Å²) in [6, 6.07) is 4.19. The van der Waals surface area contributed by atoms with Gasteiger partial charge in [-0.05, 0) is 11.6 Å². The second-order valence-corrected chi connectivity index (χ2v) is 6.00. The Morgan fingerprint density at radius 1 is 1.35 bits per heavy atom. The number of amides is 1. The van der Waals surface area contributed by atoms with Gasteiger partial charge in [0.2, 0.25) is 5.91 Å². The summed E-state index contributed by atoms with van der Waals surface area (Å²) >= 11 is 1.31. The molecular formula is C14H13F3N4OS. The topological polar surface area (TPSA) is 58.1 Å². The molecule has 2 heterocycles. The molecule has 23 heavy (non-hydrogen) atoms. The van der Waals surface area contributed by atoms with Crippen LogP contribution in [0, 0.1) is 0 Å². The molecule has 1 atom stereocenters. The van der Waals surface area contributed by atoms with Crippen LogP contribution in [0.1, 0.15) is 22.2 Å². The summed E-state index contributed by atoms with van der Waals surface area (Å²) in [4.78, 5) is 14.0. The van der Waals surface area contributed by atoms with Crippen molar-refractivity contribution in [3.8, 4) is 0 Å². The molecule has 3 rings (SSSR count).